The van der Waals surface area contributed by atoms with Crippen molar-refractivity contribution in [3.63, 3.8) is 0 Å². The molecule has 0 saturated carbocycles. The average molecular weight is 226 g/mol. The predicted molar refractivity (Wildman–Crippen MR) is 67.2 cm³/mol. The van der Waals surface area contributed by atoms with Gasteiger partial charge >= 0.3 is 0 Å². The number of hydrogen-bond donors (Lipinski definition) is 1. The Hall–Kier alpha value is -0.410. The fraction of sp³-hybridized carbons (Fsp3) is 0.750. The lowest BCUT2D eigenvalue weighted by atomic mass is 9.97. The highest BCUT2D eigenvalue weighted by Crippen LogP contribution is 2.22. The van der Waals surface area contributed by atoms with Gasteiger partial charge in [-0.15, -0.1) is 11.3 Å². The minimum absolute atomic E-state index is 0.450. The lowest BCUT2D eigenvalue weighted by Gasteiger charge is -2.19. The van der Waals surface area contributed by atoms with Crippen molar-refractivity contribution in [3.05, 3.63) is 16.6 Å². The van der Waals surface area contributed by atoms with Crippen LogP contribution in [0.5, 0.6) is 0 Å². The van der Waals surface area contributed by atoms with Gasteiger partial charge in [0, 0.05) is 5.38 Å². The molecule has 1 heterocycles. The minimum Gasteiger partial charge on any atom is -0.309 e. The Labute approximate surface area is 97.1 Å². The van der Waals surface area contributed by atoms with Crippen LogP contribution in [0, 0.1) is 5.92 Å². The van der Waals surface area contributed by atoms with Gasteiger partial charge in [-0.05, 0) is 25.3 Å². The molecule has 2 atom stereocenters. The summed E-state index contributed by atoms with van der Waals surface area (Å²) in [6.45, 7) is 7.85. The van der Waals surface area contributed by atoms with E-state index in [-0.39, 0.29) is 0 Å². The van der Waals surface area contributed by atoms with E-state index in [9.17, 15) is 0 Å². The highest BCUT2D eigenvalue weighted by molar-refractivity contribution is 7.07. The van der Waals surface area contributed by atoms with Gasteiger partial charge in [0.2, 0.25) is 0 Å². The van der Waals surface area contributed by atoms with Gasteiger partial charge in [-0.2, -0.15) is 0 Å². The largest absolute Gasteiger partial charge is 0.309 e. The maximum atomic E-state index is 4.41. The van der Waals surface area contributed by atoms with Crippen LogP contribution >= 0.6 is 11.3 Å². The van der Waals surface area contributed by atoms with Gasteiger partial charge in [0.05, 0.1) is 17.2 Å². The van der Waals surface area contributed by atoms with Crippen LogP contribution in [0.25, 0.3) is 0 Å². The van der Waals surface area contributed by atoms with E-state index in [4.69, 9.17) is 0 Å². The molecule has 0 fully saturated rings. The van der Waals surface area contributed by atoms with E-state index in [0.717, 1.165) is 12.5 Å². The van der Waals surface area contributed by atoms with Gasteiger partial charge in [-0.1, -0.05) is 27.2 Å². The standard InChI is InChI=1S/C12H22N2S/c1-4-6-13-11(7-10(3)5-2)12-8-15-9-14-12/h8-11,13H,4-7H2,1-3H3. The predicted octanol–water partition coefficient (Wildman–Crippen LogP) is 3.62. The van der Waals surface area contributed by atoms with E-state index in [1.165, 1.54) is 25.0 Å². The van der Waals surface area contributed by atoms with Crippen LogP contribution in [0.15, 0.2) is 10.9 Å². The van der Waals surface area contributed by atoms with Crippen molar-refractivity contribution in [2.24, 2.45) is 5.92 Å². The number of rotatable bonds is 7. The summed E-state index contributed by atoms with van der Waals surface area (Å²) in [6.07, 6.45) is 3.62. The third-order valence-corrected chi connectivity index (χ3v) is 3.39. The topological polar surface area (TPSA) is 24.9 Å². The fourth-order valence-electron chi connectivity index (χ4n) is 1.59. The number of thiazole rings is 1. The van der Waals surface area contributed by atoms with E-state index in [0.29, 0.717) is 6.04 Å². The molecule has 3 heteroatoms. The lowest BCUT2D eigenvalue weighted by molar-refractivity contribution is 0.397. The second-order valence-electron chi connectivity index (χ2n) is 4.17. The summed E-state index contributed by atoms with van der Waals surface area (Å²) in [7, 11) is 0. The first-order chi connectivity index (χ1) is 7.27. The van der Waals surface area contributed by atoms with Crippen LogP contribution in [-0.2, 0) is 0 Å². The number of nitrogens with zero attached hydrogens (tertiary/aromatic N) is 1. The normalized spacial score (nSPS) is 15.1. The minimum atomic E-state index is 0.450. The molecule has 0 radical (unpaired) electrons. The zero-order chi connectivity index (χ0) is 11.1. The van der Waals surface area contributed by atoms with Crippen LogP contribution in [0.2, 0.25) is 0 Å². The lowest BCUT2D eigenvalue weighted by Crippen LogP contribution is -2.24. The molecule has 1 N–H and O–H groups in total. The molecule has 0 aliphatic rings. The van der Waals surface area contributed by atoms with Crippen molar-refractivity contribution in [1.29, 1.82) is 0 Å². The highest BCUT2D eigenvalue weighted by atomic mass is 32.1. The first-order valence-corrected chi connectivity index (χ1v) is 6.83. The highest BCUT2D eigenvalue weighted by Gasteiger charge is 2.15. The van der Waals surface area contributed by atoms with Gasteiger partial charge in [0.15, 0.2) is 0 Å². The molecule has 1 aromatic rings. The molecule has 0 bridgehead atoms. The van der Waals surface area contributed by atoms with Crippen molar-refractivity contribution in [3.8, 4) is 0 Å². The molecule has 0 saturated heterocycles. The maximum Gasteiger partial charge on any atom is 0.0795 e. The summed E-state index contributed by atoms with van der Waals surface area (Å²) in [5.41, 5.74) is 3.14. The monoisotopic (exact) mass is 226 g/mol. The number of aromatic nitrogens is 1. The Balaban J connectivity index is 2.53. The molecule has 86 valence electrons. The van der Waals surface area contributed by atoms with E-state index in [2.05, 4.69) is 36.5 Å². The average Bonchev–Trinajstić information content (AvgIpc) is 2.77. The summed E-state index contributed by atoms with van der Waals surface area (Å²) >= 11 is 1.68. The first kappa shape index (κ1) is 12.7. The molecule has 0 spiro atoms. The van der Waals surface area contributed by atoms with Crippen LogP contribution in [0.3, 0.4) is 0 Å². The zero-order valence-corrected chi connectivity index (χ0v) is 10.8. The van der Waals surface area contributed by atoms with Gasteiger partial charge in [-0.3, -0.25) is 0 Å². The third kappa shape index (κ3) is 4.31. The second kappa shape index (κ2) is 6.96. The Bertz CT molecular complexity index is 246. The SMILES string of the molecule is CCCNC(CC(C)CC)c1cscn1. The maximum absolute atomic E-state index is 4.41. The van der Waals surface area contributed by atoms with Crippen molar-refractivity contribution >= 4 is 11.3 Å². The van der Waals surface area contributed by atoms with Crippen molar-refractivity contribution < 1.29 is 0 Å². The Morgan fingerprint density at radius 2 is 2.27 bits per heavy atom. The van der Waals surface area contributed by atoms with Gasteiger partial charge in [-0.25, -0.2) is 4.98 Å². The second-order valence-corrected chi connectivity index (χ2v) is 4.89. The zero-order valence-electron chi connectivity index (χ0n) is 9.99. The van der Waals surface area contributed by atoms with E-state index < -0.39 is 0 Å². The number of nitrogens with one attached hydrogen (secondary N) is 1. The number of hydrogen-bond acceptors (Lipinski definition) is 3. The van der Waals surface area contributed by atoms with Crippen molar-refractivity contribution in [2.45, 2.75) is 46.1 Å². The molecule has 1 aromatic heterocycles. The van der Waals surface area contributed by atoms with Gasteiger partial charge in [0.1, 0.15) is 0 Å². The summed E-state index contributed by atoms with van der Waals surface area (Å²) in [5.74, 6) is 0.765. The van der Waals surface area contributed by atoms with E-state index >= 15 is 0 Å². The Kier molecular flexibility index (Phi) is 5.88. The molecule has 2 unspecified atom stereocenters. The smallest absolute Gasteiger partial charge is 0.0795 e. The molecule has 15 heavy (non-hydrogen) atoms. The quantitative estimate of drug-likeness (QED) is 0.768. The van der Waals surface area contributed by atoms with Gasteiger partial charge < -0.3 is 5.32 Å². The molecule has 0 aromatic carbocycles. The molecule has 0 aliphatic carbocycles. The van der Waals surface area contributed by atoms with Crippen LogP contribution in [-0.4, -0.2) is 11.5 Å². The van der Waals surface area contributed by atoms with E-state index in [1.54, 1.807) is 11.3 Å². The molecule has 0 aliphatic heterocycles. The summed E-state index contributed by atoms with van der Waals surface area (Å²) in [5, 5.41) is 5.74. The molecule has 1 rings (SSSR count). The van der Waals surface area contributed by atoms with Gasteiger partial charge in [0.25, 0.3) is 0 Å². The first-order valence-electron chi connectivity index (χ1n) is 5.89. The summed E-state index contributed by atoms with van der Waals surface area (Å²) < 4.78 is 0. The molecular weight excluding hydrogens is 204 g/mol. The Morgan fingerprint density at radius 1 is 1.47 bits per heavy atom. The van der Waals surface area contributed by atoms with Crippen molar-refractivity contribution in [1.82, 2.24) is 10.3 Å². The Morgan fingerprint density at radius 3 is 2.80 bits per heavy atom. The summed E-state index contributed by atoms with van der Waals surface area (Å²) in [6, 6.07) is 0.450. The van der Waals surface area contributed by atoms with Crippen LogP contribution < -0.4 is 5.32 Å². The van der Waals surface area contributed by atoms with E-state index in [1.807, 2.05) is 5.51 Å². The van der Waals surface area contributed by atoms with Crippen LogP contribution in [0.1, 0.15) is 51.8 Å². The van der Waals surface area contributed by atoms with Crippen LogP contribution in [0.4, 0.5) is 0 Å². The fourth-order valence-corrected chi connectivity index (χ4v) is 2.20. The molecular formula is C12H22N2S. The van der Waals surface area contributed by atoms with Crippen molar-refractivity contribution in [2.75, 3.05) is 6.54 Å². The third-order valence-electron chi connectivity index (χ3n) is 2.78. The molecule has 2 nitrogen and oxygen atoms in total. The summed E-state index contributed by atoms with van der Waals surface area (Å²) in [4.78, 5) is 4.41. The molecule has 0 amide bonds.